The summed E-state index contributed by atoms with van der Waals surface area (Å²) < 4.78 is 13.8. The first kappa shape index (κ1) is 17.4. The van der Waals surface area contributed by atoms with Crippen LogP contribution in [0.1, 0.15) is 34.3 Å². The molecule has 0 radical (unpaired) electrons. The molecule has 25 heavy (non-hydrogen) atoms. The lowest BCUT2D eigenvalue weighted by atomic mass is 10.1. The van der Waals surface area contributed by atoms with Gasteiger partial charge in [-0.2, -0.15) is 0 Å². The molecule has 0 unspecified atom stereocenters. The van der Waals surface area contributed by atoms with Gasteiger partial charge in [-0.3, -0.25) is 9.59 Å². The lowest BCUT2D eigenvalue weighted by molar-refractivity contribution is -0.128. The summed E-state index contributed by atoms with van der Waals surface area (Å²) in [6.45, 7) is 1.51. The Balaban J connectivity index is 1.71. The Bertz CT molecular complexity index is 790. The van der Waals surface area contributed by atoms with Crippen molar-refractivity contribution in [2.75, 3.05) is 6.54 Å². The van der Waals surface area contributed by atoms with Gasteiger partial charge in [-0.25, -0.2) is 4.39 Å². The summed E-state index contributed by atoms with van der Waals surface area (Å²) in [6.07, 6.45) is 1.47. The third kappa shape index (κ3) is 3.99. The van der Waals surface area contributed by atoms with Crippen LogP contribution in [0.2, 0.25) is 5.02 Å². The van der Waals surface area contributed by atoms with Crippen molar-refractivity contribution in [2.45, 2.75) is 25.9 Å². The Morgan fingerprint density at radius 3 is 2.60 bits per heavy atom. The number of nitrogens with zero attached hydrogens (tertiary/aromatic N) is 1. The summed E-state index contributed by atoms with van der Waals surface area (Å²) >= 11 is 5.92. The Labute approximate surface area is 150 Å². The molecule has 1 heterocycles. The van der Waals surface area contributed by atoms with Gasteiger partial charge in [-0.1, -0.05) is 41.9 Å². The van der Waals surface area contributed by atoms with Gasteiger partial charge in [-0.05, 0) is 29.7 Å². The third-order valence-electron chi connectivity index (χ3n) is 4.28. The molecule has 0 aliphatic carbocycles. The first-order chi connectivity index (χ1) is 12.1. The molecule has 2 amide bonds. The highest BCUT2D eigenvalue weighted by Crippen LogP contribution is 2.20. The smallest absolute Gasteiger partial charge is 0.256 e. The molecule has 0 saturated carbocycles. The van der Waals surface area contributed by atoms with Gasteiger partial charge in [0, 0.05) is 26.1 Å². The summed E-state index contributed by atoms with van der Waals surface area (Å²) in [4.78, 5) is 25.9. The average molecular weight is 361 g/mol. The van der Waals surface area contributed by atoms with Crippen molar-refractivity contribution in [1.29, 1.82) is 0 Å². The minimum Gasteiger partial charge on any atom is -0.348 e. The second-order valence-corrected chi connectivity index (χ2v) is 6.37. The summed E-state index contributed by atoms with van der Waals surface area (Å²) in [5.74, 6) is -1.06. The minimum atomic E-state index is -0.652. The van der Waals surface area contributed by atoms with Crippen LogP contribution in [0, 0.1) is 5.82 Å². The van der Waals surface area contributed by atoms with Gasteiger partial charge >= 0.3 is 0 Å². The van der Waals surface area contributed by atoms with E-state index in [0.29, 0.717) is 13.0 Å². The summed E-state index contributed by atoms with van der Waals surface area (Å²) in [7, 11) is 0. The van der Waals surface area contributed by atoms with Gasteiger partial charge in [0.1, 0.15) is 5.82 Å². The number of carbonyl (C=O) groups is 2. The fourth-order valence-corrected chi connectivity index (χ4v) is 3.19. The molecule has 3 rings (SSSR count). The summed E-state index contributed by atoms with van der Waals surface area (Å²) in [5.41, 5.74) is 1.71. The minimum absolute atomic E-state index is 0.0773. The maximum Gasteiger partial charge on any atom is 0.256 e. The van der Waals surface area contributed by atoms with Gasteiger partial charge in [0.05, 0.1) is 10.6 Å². The Morgan fingerprint density at radius 2 is 1.92 bits per heavy atom. The van der Waals surface area contributed by atoms with Gasteiger partial charge in [0.15, 0.2) is 0 Å². The number of halogens is 2. The maximum atomic E-state index is 13.8. The quantitative estimate of drug-likeness (QED) is 0.886. The number of rotatable bonds is 5. The van der Waals surface area contributed by atoms with Crippen LogP contribution in [0.15, 0.2) is 42.5 Å². The molecular weight excluding hydrogens is 343 g/mol. The van der Waals surface area contributed by atoms with Crippen molar-refractivity contribution in [3.05, 3.63) is 70.0 Å². The summed E-state index contributed by atoms with van der Waals surface area (Å²) in [6, 6.07) is 11.7. The van der Waals surface area contributed by atoms with Crippen LogP contribution in [-0.2, 0) is 17.9 Å². The van der Waals surface area contributed by atoms with Crippen molar-refractivity contribution in [3.8, 4) is 0 Å². The SMILES string of the molecule is O=C(NCc1ccccc1CN1CCCC1=O)c1c(F)cccc1Cl. The number of likely N-dealkylation sites (tertiary alicyclic amines) is 1. The number of carbonyl (C=O) groups excluding carboxylic acids is 2. The molecule has 6 heteroatoms. The zero-order chi connectivity index (χ0) is 17.8. The standard InChI is InChI=1S/C19H18ClFN2O2/c20-15-7-3-8-16(21)18(15)19(25)22-11-13-5-1-2-6-14(13)12-23-10-4-9-17(23)24/h1-3,5-8H,4,9-12H2,(H,22,25). The van der Waals surface area contributed by atoms with Crippen LogP contribution in [0.25, 0.3) is 0 Å². The third-order valence-corrected chi connectivity index (χ3v) is 4.60. The van der Waals surface area contributed by atoms with Gasteiger partial charge in [0.2, 0.25) is 5.91 Å². The molecule has 0 atom stereocenters. The molecule has 0 aromatic heterocycles. The van der Waals surface area contributed by atoms with Crippen LogP contribution in [0.4, 0.5) is 4.39 Å². The maximum absolute atomic E-state index is 13.8. The van der Waals surface area contributed by atoms with E-state index >= 15 is 0 Å². The zero-order valence-electron chi connectivity index (χ0n) is 13.6. The van der Waals surface area contributed by atoms with E-state index in [1.54, 1.807) is 0 Å². The number of hydrogen-bond donors (Lipinski definition) is 1. The van der Waals surface area contributed by atoms with E-state index in [1.165, 1.54) is 18.2 Å². The predicted octanol–water partition coefficient (Wildman–Crippen LogP) is 3.53. The van der Waals surface area contributed by atoms with E-state index in [2.05, 4.69) is 5.32 Å². The van der Waals surface area contributed by atoms with E-state index in [1.807, 2.05) is 29.2 Å². The number of hydrogen-bond acceptors (Lipinski definition) is 2. The number of nitrogens with one attached hydrogen (secondary N) is 1. The topological polar surface area (TPSA) is 49.4 Å². The fraction of sp³-hybridized carbons (Fsp3) is 0.263. The van der Waals surface area contributed by atoms with Crippen LogP contribution >= 0.6 is 11.6 Å². The van der Waals surface area contributed by atoms with E-state index in [-0.39, 0.29) is 23.0 Å². The van der Waals surface area contributed by atoms with E-state index < -0.39 is 11.7 Å². The largest absolute Gasteiger partial charge is 0.348 e. The highest BCUT2D eigenvalue weighted by Gasteiger charge is 2.21. The predicted molar refractivity (Wildman–Crippen MR) is 93.7 cm³/mol. The molecule has 0 spiro atoms. The molecule has 2 aromatic rings. The van der Waals surface area contributed by atoms with Crippen LogP contribution < -0.4 is 5.32 Å². The molecule has 1 aliphatic rings. The second-order valence-electron chi connectivity index (χ2n) is 5.97. The first-order valence-corrected chi connectivity index (χ1v) is 8.51. The van der Waals surface area contributed by atoms with Crippen molar-refractivity contribution in [3.63, 3.8) is 0 Å². The molecule has 130 valence electrons. The molecular formula is C19H18ClFN2O2. The van der Waals surface area contributed by atoms with E-state index in [9.17, 15) is 14.0 Å². The number of benzene rings is 2. The van der Waals surface area contributed by atoms with Crippen LogP contribution in [0.5, 0.6) is 0 Å². The van der Waals surface area contributed by atoms with Crippen LogP contribution in [-0.4, -0.2) is 23.3 Å². The zero-order valence-corrected chi connectivity index (χ0v) is 14.4. The average Bonchev–Trinajstić information content (AvgIpc) is 2.99. The van der Waals surface area contributed by atoms with Crippen molar-refractivity contribution >= 4 is 23.4 Å². The highest BCUT2D eigenvalue weighted by molar-refractivity contribution is 6.33. The Kier molecular flexibility index (Phi) is 5.34. The molecule has 2 aromatic carbocycles. The van der Waals surface area contributed by atoms with Gasteiger partial charge in [-0.15, -0.1) is 0 Å². The monoisotopic (exact) mass is 360 g/mol. The number of amides is 2. The summed E-state index contributed by atoms with van der Waals surface area (Å²) in [5, 5.41) is 2.78. The normalized spacial score (nSPS) is 14.0. The van der Waals surface area contributed by atoms with Crippen molar-refractivity contribution in [1.82, 2.24) is 10.2 Å². The van der Waals surface area contributed by atoms with E-state index in [4.69, 9.17) is 11.6 Å². The molecule has 1 saturated heterocycles. The van der Waals surface area contributed by atoms with Crippen molar-refractivity contribution < 1.29 is 14.0 Å². The Hall–Kier alpha value is -2.40. The second kappa shape index (κ2) is 7.66. The fourth-order valence-electron chi connectivity index (χ4n) is 2.94. The lowest BCUT2D eigenvalue weighted by Gasteiger charge is -2.18. The van der Waals surface area contributed by atoms with Crippen molar-refractivity contribution in [2.24, 2.45) is 0 Å². The van der Waals surface area contributed by atoms with Gasteiger partial charge < -0.3 is 10.2 Å². The van der Waals surface area contributed by atoms with E-state index in [0.717, 1.165) is 24.1 Å². The molecule has 1 aliphatic heterocycles. The molecule has 4 nitrogen and oxygen atoms in total. The first-order valence-electron chi connectivity index (χ1n) is 8.13. The molecule has 1 fully saturated rings. The lowest BCUT2D eigenvalue weighted by Crippen LogP contribution is -2.27. The van der Waals surface area contributed by atoms with Crippen LogP contribution in [0.3, 0.4) is 0 Å². The molecule has 0 bridgehead atoms. The highest BCUT2D eigenvalue weighted by atomic mass is 35.5. The Morgan fingerprint density at radius 1 is 1.16 bits per heavy atom. The van der Waals surface area contributed by atoms with Gasteiger partial charge in [0.25, 0.3) is 5.91 Å². The molecule has 1 N–H and O–H groups in total.